The van der Waals surface area contributed by atoms with E-state index >= 15 is 0 Å². The van der Waals surface area contributed by atoms with Crippen LogP contribution < -0.4 is 11.1 Å². The van der Waals surface area contributed by atoms with E-state index < -0.39 is 0 Å². The number of carbonyl (C=O) groups is 1. The van der Waals surface area contributed by atoms with Crippen molar-refractivity contribution in [1.29, 1.82) is 0 Å². The molecule has 0 radical (unpaired) electrons. The lowest BCUT2D eigenvalue weighted by molar-refractivity contribution is -0.122. The van der Waals surface area contributed by atoms with Crippen molar-refractivity contribution in [1.82, 2.24) is 5.32 Å². The van der Waals surface area contributed by atoms with E-state index in [9.17, 15) is 4.79 Å². The monoisotopic (exact) mass is 212 g/mol. The Morgan fingerprint density at radius 3 is 2.73 bits per heavy atom. The largest absolute Gasteiger partial charge is 0.354 e. The number of nitrogens with two attached hydrogens (primary N) is 1. The van der Waals surface area contributed by atoms with Gasteiger partial charge in [-0.1, -0.05) is 19.8 Å². The van der Waals surface area contributed by atoms with Gasteiger partial charge < -0.3 is 11.1 Å². The molecule has 3 N–H and O–H groups in total. The average molecular weight is 212 g/mol. The average Bonchev–Trinajstić information content (AvgIpc) is 2.97. The van der Waals surface area contributed by atoms with Gasteiger partial charge in [-0.3, -0.25) is 4.79 Å². The molecule has 3 heteroatoms. The lowest BCUT2D eigenvalue weighted by Crippen LogP contribution is -2.37. The van der Waals surface area contributed by atoms with E-state index in [4.69, 9.17) is 5.73 Å². The molecular formula is C12H24N2O. The van der Waals surface area contributed by atoms with E-state index in [1.165, 1.54) is 25.7 Å². The normalized spacial score (nSPS) is 19.7. The number of amides is 1. The number of unbranched alkanes of at least 4 members (excludes halogenated alkanes) is 1. The fourth-order valence-corrected chi connectivity index (χ4v) is 1.82. The van der Waals surface area contributed by atoms with Crippen LogP contribution in [0.15, 0.2) is 0 Å². The molecule has 1 rings (SSSR count). The zero-order valence-corrected chi connectivity index (χ0v) is 9.96. The van der Waals surface area contributed by atoms with Crippen LogP contribution >= 0.6 is 0 Å². The van der Waals surface area contributed by atoms with Crippen LogP contribution in [0.5, 0.6) is 0 Å². The van der Waals surface area contributed by atoms with Crippen LogP contribution in [0.25, 0.3) is 0 Å². The molecule has 1 aliphatic carbocycles. The van der Waals surface area contributed by atoms with Gasteiger partial charge in [0.2, 0.25) is 5.91 Å². The van der Waals surface area contributed by atoms with Gasteiger partial charge in [-0.25, -0.2) is 0 Å². The van der Waals surface area contributed by atoms with Gasteiger partial charge in [0.05, 0.1) is 0 Å². The molecule has 0 spiro atoms. The van der Waals surface area contributed by atoms with Crippen molar-refractivity contribution < 1.29 is 4.79 Å². The van der Waals surface area contributed by atoms with Gasteiger partial charge in [-0.2, -0.15) is 0 Å². The number of hydrogen-bond acceptors (Lipinski definition) is 2. The lowest BCUT2D eigenvalue weighted by atomic mass is 10.1. The van der Waals surface area contributed by atoms with Crippen LogP contribution in [0.1, 0.15) is 52.4 Å². The fourth-order valence-electron chi connectivity index (χ4n) is 1.82. The number of hydrogen-bond donors (Lipinski definition) is 2. The summed E-state index contributed by atoms with van der Waals surface area (Å²) in [5.74, 6) is 0.736. The zero-order valence-electron chi connectivity index (χ0n) is 9.96. The molecule has 1 saturated carbocycles. The number of carbonyl (C=O) groups excluding carboxylic acids is 1. The van der Waals surface area contributed by atoms with E-state index in [0.29, 0.717) is 18.4 Å². The van der Waals surface area contributed by atoms with Crippen molar-refractivity contribution in [2.75, 3.05) is 0 Å². The Hall–Kier alpha value is -0.570. The Kier molecular flexibility index (Phi) is 5.09. The molecule has 2 unspecified atom stereocenters. The standard InChI is InChI=1S/C12H24N2O/c1-3-4-5-9(2)14-12(15)8-11(13)10-6-7-10/h9-11H,3-8,13H2,1-2H3,(H,14,15). The summed E-state index contributed by atoms with van der Waals surface area (Å²) < 4.78 is 0. The molecular weight excluding hydrogens is 188 g/mol. The van der Waals surface area contributed by atoms with Crippen LogP contribution in [-0.4, -0.2) is 18.0 Å². The molecule has 15 heavy (non-hydrogen) atoms. The molecule has 1 amide bonds. The van der Waals surface area contributed by atoms with Crippen molar-refractivity contribution in [3.8, 4) is 0 Å². The van der Waals surface area contributed by atoms with E-state index in [0.717, 1.165) is 6.42 Å². The predicted molar refractivity (Wildman–Crippen MR) is 62.4 cm³/mol. The molecule has 0 heterocycles. The maximum absolute atomic E-state index is 11.6. The Balaban J connectivity index is 2.10. The van der Waals surface area contributed by atoms with Crippen molar-refractivity contribution in [2.24, 2.45) is 11.7 Å². The molecule has 0 saturated heterocycles. The van der Waals surface area contributed by atoms with Crippen LogP contribution in [-0.2, 0) is 4.79 Å². The van der Waals surface area contributed by atoms with Gasteiger partial charge in [0, 0.05) is 18.5 Å². The number of rotatable bonds is 7. The minimum atomic E-state index is 0.0865. The van der Waals surface area contributed by atoms with E-state index in [1.54, 1.807) is 0 Å². The summed E-state index contributed by atoms with van der Waals surface area (Å²) in [6, 6.07) is 0.382. The first-order chi connectivity index (χ1) is 7.13. The summed E-state index contributed by atoms with van der Waals surface area (Å²) in [5, 5.41) is 3.01. The summed E-state index contributed by atoms with van der Waals surface area (Å²) in [4.78, 5) is 11.6. The molecule has 88 valence electrons. The Bertz CT molecular complexity index is 202. The molecule has 1 aliphatic rings. The third-order valence-electron chi connectivity index (χ3n) is 3.05. The molecule has 0 aliphatic heterocycles. The van der Waals surface area contributed by atoms with Gasteiger partial charge in [-0.05, 0) is 32.1 Å². The van der Waals surface area contributed by atoms with E-state index in [2.05, 4.69) is 19.2 Å². The zero-order chi connectivity index (χ0) is 11.3. The highest BCUT2D eigenvalue weighted by atomic mass is 16.1. The first kappa shape index (κ1) is 12.5. The molecule has 0 aromatic heterocycles. The maximum Gasteiger partial charge on any atom is 0.221 e. The highest BCUT2D eigenvalue weighted by Crippen LogP contribution is 2.32. The van der Waals surface area contributed by atoms with Crippen molar-refractivity contribution >= 4 is 5.91 Å². The molecule has 1 fully saturated rings. The lowest BCUT2D eigenvalue weighted by Gasteiger charge is -2.15. The summed E-state index contributed by atoms with van der Waals surface area (Å²) in [5.41, 5.74) is 5.89. The first-order valence-electron chi connectivity index (χ1n) is 6.18. The second-order valence-corrected chi connectivity index (χ2v) is 4.82. The molecule has 0 bridgehead atoms. The summed E-state index contributed by atoms with van der Waals surface area (Å²) in [6.45, 7) is 4.23. The van der Waals surface area contributed by atoms with E-state index in [1.807, 2.05) is 0 Å². The molecule has 2 atom stereocenters. The summed E-state index contributed by atoms with van der Waals surface area (Å²) >= 11 is 0. The van der Waals surface area contributed by atoms with Gasteiger partial charge in [0.25, 0.3) is 0 Å². The van der Waals surface area contributed by atoms with Crippen molar-refractivity contribution in [3.63, 3.8) is 0 Å². The molecule has 0 aromatic carbocycles. The third kappa shape index (κ3) is 5.17. The van der Waals surface area contributed by atoms with Crippen molar-refractivity contribution in [3.05, 3.63) is 0 Å². The SMILES string of the molecule is CCCCC(C)NC(=O)CC(N)C1CC1. The molecule has 3 nitrogen and oxygen atoms in total. The molecule has 0 aromatic rings. The summed E-state index contributed by atoms with van der Waals surface area (Å²) in [6.07, 6.45) is 6.35. The van der Waals surface area contributed by atoms with E-state index in [-0.39, 0.29) is 11.9 Å². The van der Waals surface area contributed by atoms with Gasteiger partial charge in [-0.15, -0.1) is 0 Å². The second-order valence-electron chi connectivity index (χ2n) is 4.82. The highest BCUT2D eigenvalue weighted by molar-refractivity contribution is 5.76. The Morgan fingerprint density at radius 1 is 1.53 bits per heavy atom. The predicted octanol–water partition coefficient (Wildman–Crippen LogP) is 1.81. The fraction of sp³-hybridized carbons (Fsp3) is 0.917. The van der Waals surface area contributed by atoms with Crippen LogP contribution in [0.4, 0.5) is 0 Å². The van der Waals surface area contributed by atoms with Crippen LogP contribution in [0.2, 0.25) is 0 Å². The first-order valence-corrected chi connectivity index (χ1v) is 6.18. The smallest absolute Gasteiger partial charge is 0.221 e. The third-order valence-corrected chi connectivity index (χ3v) is 3.05. The quantitative estimate of drug-likeness (QED) is 0.676. The number of nitrogens with one attached hydrogen (secondary N) is 1. The minimum Gasteiger partial charge on any atom is -0.354 e. The summed E-state index contributed by atoms with van der Waals surface area (Å²) in [7, 11) is 0. The topological polar surface area (TPSA) is 55.1 Å². The Morgan fingerprint density at radius 2 is 2.20 bits per heavy atom. The van der Waals surface area contributed by atoms with Crippen LogP contribution in [0, 0.1) is 5.92 Å². The highest BCUT2D eigenvalue weighted by Gasteiger charge is 2.29. The Labute approximate surface area is 92.8 Å². The van der Waals surface area contributed by atoms with Crippen LogP contribution in [0.3, 0.4) is 0 Å². The van der Waals surface area contributed by atoms with Gasteiger partial charge >= 0.3 is 0 Å². The van der Waals surface area contributed by atoms with Gasteiger partial charge in [0.15, 0.2) is 0 Å². The van der Waals surface area contributed by atoms with Gasteiger partial charge in [0.1, 0.15) is 0 Å². The maximum atomic E-state index is 11.6. The minimum absolute atomic E-state index is 0.0865. The second kappa shape index (κ2) is 6.11. The van der Waals surface area contributed by atoms with Crippen molar-refractivity contribution in [2.45, 2.75) is 64.5 Å².